The molecule has 102 valence electrons. The third-order valence-corrected chi connectivity index (χ3v) is 3.51. The molecular formula is C14H23BrN2O. The van der Waals surface area contributed by atoms with Crippen LogP contribution in [-0.4, -0.2) is 32.8 Å². The van der Waals surface area contributed by atoms with E-state index in [1.807, 2.05) is 0 Å². The van der Waals surface area contributed by atoms with Gasteiger partial charge in [-0.2, -0.15) is 0 Å². The molecule has 0 unspecified atom stereocenters. The number of nitrogens with zero attached hydrogens (tertiary/aromatic N) is 1. The maximum atomic E-state index is 5.57. The van der Waals surface area contributed by atoms with Crippen molar-refractivity contribution in [1.82, 2.24) is 0 Å². The minimum atomic E-state index is 0.289. The van der Waals surface area contributed by atoms with Gasteiger partial charge < -0.3 is 15.4 Å². The van der Waals surface area contributed by atoms with Crippen LogP contribution in [0.5, 0.6) is 0 Å². The van der Waals surface area contributed by atoms with E-state index in [-0.39, 0.29) is 6.10 Å². The zero-order valence-corrected chi connectivity index (χ0v) is 13.0. The van der Waals surface area contributed by atoms with Crippen molar-refractivity contribution in [3.05, 3.63) is 28.2 Å². The average molecular weight is 315 g/mol. The molecule has 4 heteroatoms. The molecule has 0 aliphatic carbocycles. The van der Waals surface area contributed by atoms with Gasteiger partial charge in [0.2, 0.25) is 0 Å². The highest BCUT2D eigenvalue weighted by Crippen LogP contribution is 2.23. The summed E-state index contributed by atoms with van der Waals surface area (Å²) in [6, 6.07) is 6.40. The molecule has 0 aromatic heterocycles. The van der Waals surface area contributed by atoms with Crippen LogP contribution in [0.15, 0.2) is 22.7 Å². The fraction of sp³-hybridized carbons (Fsp3) is 0.571. The van der Waals surface area contributed by atoms with Crippen molar-refractivity contribution in [3.63, 3.8) is 0 Å². The van der Waals surface area contributed by atoms with E-state index in [1.165, 1.54) is 11.3 Å². The molecule has 0 atom stereocenters. The Morgan fingerprint density at radius 1 is 1.39 bits per heavy atom. The summed E-state index contributed by atoms with van der Waals surface area (Å²) >= 11 is 3.59. The Bertz CT molecular complexity index is 369. The predicted molar refractivity (Wildman–Crippen MR) is 81.3 cm³/mol. The van der Waals surface area contributed by atoms with Crippen LogP contribution >= 0.6 is 15.9 Å². The van der Waals surface area contributed by atoms with Gasteiger partial charge in [0.1, 0.15) is 0 Å². The number of likely N-dealkylation sites (N-methyl/N-ethyl adjacent to an activating group) is 1. The lowest BCUT2D eigenvalue weighted by atomic mass is 10.1. The number of rotatable bonds is 7. The Morgan fingerprint density at radius 2 is 2.11 bits per heavy atom. The maximum Gasteiger partial charge on any atom is 0.0644 e. The third kappa shape index (κ3) is 4.96. The van der Waals surface area contributed by atoms with E-state index in [0.29, 0.717) is 6.54 Å². The van der Waals surface area contributed by atoms with Crippen molar-refractivity contribution in [3.8, 4) is 0 Å². The van der Waals surface area contributed by atoms with Crippen LogP contribution < -0.4 is 10.6 Å². The molecular weight excluding hydrogens is 292 g/mol. The van der Waals surface area contributed by atoms with E-state index < -0.39 is 0 Å². The van der Waals surface area contributed by atoms with Crippen LogP contribution in [0.25, 0.3) is 0 Å². The van der Waals surface area contributed by atoms with Gasteiger partial charge in [-0.3, -0.25) is 0 Å². The lowest BCUT2D eigenvalue weighted by Crippen LogP contribution is -2.23. The van der Waals surface area contributed by atoms with Crippen LogP contribution in [0, 0.1) is 0 Å². The zero-order valence-electron chi connectivity index (χ0n) is 11.4. The molecule has 0 saturated heterocycles. The van der Waals surface area contributed by atoms with E-state index in [2.05, 4.69) is 59.9 Å². The first kappa shape index (κ1) is 15.5. The van der Waals surface area contributed by atoms with Crippen LogP contribution in [-0.2, 0) is 11.2 Å². The quantitative estimate of drug-likeness (QED) is 0.841. The van der Waals surface area contributed by atoms with Gasteiger partial charge in [-0.05, 0) is 44.5 Å². The van der Waals surface area contributed by atoms with Gasteiger partial charge in [0, 0.05) is 23.8 Å². The molecule has 3 nitrogen and oxygen atoms in total. The first-order valence-electron chi connectivity index (χ1n) is 6.35. The van der Waals surface area contributed by atoms with Gasteiger partial charge in [0.05, 0.1) is 12.7 Å². The Morgan fingerprint density at radius 3 is 2.67 bits per heavy atom. The maximum absolute atomic E-state index is 5.57. The highest BCUT2D eigenvalue weighted by molar-refractivity contribution is 9.10. The zero-order chi connectivity index (χ0) is 13.5. The molecule has 0 fully saturated rings. The smallest absolute Gasteiger partial charge is 0.0644 e. The molecule has 0 heterocycles. The summed E-state index contributed by atoms with van der Waals surface area (Å²) < 4.78 is 6.68. The van der Waals surface area contributed by atoms with Gasteiger partial charge in [-0.1, -0.05) is 22.0 Å². The monoisotopic (exact) mass is 314 g/mol. The first-order chi connectivity index (χ1) is 8.54. The number of halogens is 1. The minimum absolute atomic E-state index is 0.289. The van der Waals surface area contributed by atoms with Crippen molar-refractivity contribution in [2.24, 2.45) is 5.73 Å². The average Bonchev–Trinajstić information content (AvgIpc) is 2.31. The normalized spacial score (nSPS) is 11.0. The van der Waals surface area contributed by atoms with E-state index in [1.54, 1.807) is 0 Å². The molecule has 1 rings (SSSR count). The molecule has 2 N–H and O–H groups in total. The summed E-state index contributed by atoms with van der Waals surface area (Å²) in [7, 11) is 2.08. The van der Waals surface area contributed by atoms with E-state index in [9.17, 15) is 0 Å². The summed E-state index contributed by atoms with van der Waals surface area (Å²) in [4.78, 5) is 2.19. The third-order valence-electron chi connectivity index (χ3n) is 2.77. The van der Waals surface area contributed by atoms with Gasteiger partial charge in [0.25, 0.3) is 0 Å². The highest BCUT2D eigenvalue weighted by Gasteiger charge is 2.05. The van der Waals surface area contributed by atoms with Crippen LogP contribution in [0.4, 0.5) is 5.69 Å². The van der Waals surface area contributed by atoms with Gasteiger partial charge in [-0.25, -0.2) is 0 Å². The van der Waals surface area contributed by atoms with Gasteiger partial charge in [0.15, 0.2) is 0 Å². The number of hydrogen-bond donors (Lipinski definition) is 1. The van der Waals surface area contributed by atoms with Crippen molar-refractivity contribution in [2.45, 2.75) is 26.4 Å². The predicted octanol–water partition coefficient (Wildman–Crippen LogP) is 2.81. The van der Waals surface area contributed by atoms with Gasteiger partial charge in [-0.15, -0.1) is 0 Å². The van der Waals surface area contributed by atoms with E-state index in [0.717, 1.165) is 24.0 Å². The van der Waals surface area contributed by atoms with Crippen molar-refractivity contribution >= 4 is 21.6 Å². The van der Waals surface area contributed by atoms with Crippen LogP contribution in [0.2, 0.25) is 0 Å². The standard InChI is InChI=1S/C14H23BrN2O/c1-11(2)18-9-8-17(3)13-5-4-12(6-7-16)14(15)10-13/h4-5,10-11H,6-9,16H2,1-3H3. The summed E-state index contributed by atoms with van der Waals surface area (Å²) in [5.74, 6) is 0. The largest absolute Gasteiger partial charge is 0.377 e. The Hall–Kier alpha value is -0.580. The van der Waals surface area contributed by atoms with Crippen molar-refractivity contribution < 1.29 is 4.74 Å². The number of ether oxygens (including phenoxy) is 1. The second-order valence-electron chi connectivity index (χ2n) is 4.66. The fourth-order valence-electron chi connectivity index (χ4n) is 1.69. The SMILES string of the molecule is CC(C)OCCN(C)c1ccc(CCN)c(Br)c1. The fourth-order valence-corrected chi connectivity index (χ4v) is 2.25. The molecule has 0 bridgehead atoms. The Kier molecular flexibility index (Phi) is 6.68. The second kappa shape index (κ2) is 7.77. The Balaban J connectivity index is 2.57. The summed E-state index contributed by atoms with van der Waals surface area (Å²) in [6.07, 6.45) is 1.19. The van der Waals surface area contributed by atoms with Crippen LogP contribution in [0.3, 0.4) is 0 Å². The lowest BCUT2D eigenvalue weighted by Gasteiger charge is -2.21. The first-order valence-corrected chi connectivity index (χ1v) is 7.15. The molecule has 0 aliphatic heterocycles. The number of anilines is 1. The van der Waals surface area contributed by atoms with Crippen molar-refractivity contribution in [1.29, 1.82) is 0 Å². The minimum Gasteiger partial charge on any atom is -0.377 e. The molecule has 0 aliphatic rings. The van der Waals surface area contributed by atoms with Gasteiger partial charge >= 0.3 is 0 Å². The van der Waals surface area contributed by atoms with Crippen molar-refractivity contribution in [2.75, 3.05) is 31.6 Å². The highest BCUT2D eigenvalue weighted by atomic mass is 79.9. The number of benzene rings is 1. The topological polar surface area (TPSA) is 38.5 Å². The molecule has 18 heavy (non-hydrogen) atoms. The molecule has 0 spiro atoms. The summed E-state index contributed by atoms with van der Waals surface area (Å²) in [5, 5.41) is 0. The van der Waals surface area contributed by atoms with Crippen LogP contribution in [0.1, 0.15) is 19.4 Å². The molecule has 1 aromatic carbocycles. The Labute approximate surface area is 118 Å². The summed E-state index contributed by atoms with van der Waals surface area (Å²) in [6.45, 7) is 6.42. The lowest BCUT2D eigenvalue weighted by molar-refractivity contribution is 0.0846. The molecule has 0 saturated carbocycles. The second-order valence-corrected chi connectivity index (χ2v) is 5.51. The molecule has 0 radical (unpaired) electrons. The number of nitrogens with two attached hydrogens (primary N) is 1. The van der Waals surface area contributed by atoms with E-state index in [4.69, 9.17) is 10.5 Å². The van der Waals surface area contributed by atoms with E-state index >= 15 is 0 Å². The summed E-state index contributed by atoms with van der Waals surface area (Å²) in [5.41, 5.74) is 8.02. The number of hydrogen-bond acceptors (Lipinski definition) is 3. The molecule has 0 amide bonds. The molecule has 1 aromatic rings.